The molecule has 0 aliphatic carbocycles. The topological polar surface area (TPSA) is 138 Å². The summed E-state index contributed by atoms with van der Waals surface area (Å²) >= 11 is 0. The number of nitrogens with one attached hydrogen (secondary N) is 2. The molecule has 0 unspecified atom stereocenters. The number of aliphatic hydroxyl groups is 1. The van der Waals surface area contributed by atoms with Crippen molar-refractivity contribution >= 4 is 27.6 Å². The van der Waals surface area contributed by atoms with Crippen molar-refractivity contribution in [3.8, 4) is 5.75 Å². The minimum atomic E-state index is -3.78. The summed E-state index contributed by atoms with van der Waals surface area (Å²) in [6.45, 7) is 11.6. The number of benzene rings is 2. The Balaban J connectivity index is 1.96. The van der Waals surface area contributed by atoms with Crippen LogP contribution in [0.5, 0.6) is 5.75 Å². The van der Waals surface area contributed by atoms with Crippen molar-refractivity contribution in [2.45, 2.75) is 90.0 Å². The first-order valence-corrected chi connectivity index (χ1v) is 17.1. The molecule has 3 rings (SSSR count). The number of aryl methyl sites for hydroxylation is 1. The number of carbonyl (C=O) groups is 2. The van der Waals surface area contributed by atoms with E-state index in [9.17, 15) is 23.1 Å². The Bertz CT molecular complexity index is 1380. The molecule has 2 aromatic rings. The highest BCUT2D eigenvalue weighted by molar-refractivity contribution is 7.89. The largest absolute Gasteiger partial charge is 0.490 e. The van der Waals surface area contributed by atoms with E-state index in [1.807, 2.05) is 34.6 Å². The number of nitrogens with zero attached hydrogens (tertiary/aromatic N) is 2. The number of ether oxygens (including phenoxy) is 2. The standard InChI is InChI=1S/C33H50N4O7S/c1-22(2)34-33(40)35-27-13-16-30-29(18-27)32(39)37(25(5)21-38)19-24(4)31(43-17-9-8-10-26(6)44-30)20-36(7)45(41,42)28-14-11-23(3)12-15-28/h11-16,18,22,24-26,31,38H,8-10,17,19-21H2,1-7H3,(H2,34,35,40)/t24-,25-,26+,31-/m1/s1. The minimum Gasteiger partial charge on any atom is -0.490 e. The Kier molecular flexibility index (Phi) is 13.2. The maximum atomic E-state index is 14.2. The first kappa shape index (κ1) is 36.3. The number of carbonyl (C=O) groups excluding carboxylic acids is 2. The summed E-state index contributed by atoms with van der Waals surface area (Å²) in [7, 11) is -2.24. The van der Waals surface area contributed by atoms with Gasteiger partial charge in [0.05, 0.1) is 35.3 Å². The molecule has 250 valence electrons. The van der Waals surface area contributed by atoms with Gasteiger partial charge in [-0.1, -0.05) is 24.6 Å². The lowest BCUT2D eigenvalue weighted by Crippen LogP contribution is -2.48. The zero-order valence-electron chi connectivity index (χ0n) is 27.6. The van der Waals surface area contributed by atoms with Crippen molar-refractivity contribution < 1.29 is 32.6 Å². The van der Waals surface area contributed by atoms with Crippen molar-refractivity contribution in [2.24, 2.45) is 5.92 Å². The van der Waals surface area contributed by atoms with Gasteiger partial charge >= 0.3 is 6.03 Å². The summed E-state index contributed by atoms with van der Waals surface area (Å²) < 4.78 is 40.7. The van der Waals surface area contributed by atoms with E-state index in [2.05, 4.69) is 10.6 Å². The minimum absolute atomic E-state index is 0.0726. The van der Waals surface area contributed by atoms with Crippen molar-refractivity contribution in [1.29, 1.82) is 0 Å². The van der Waals surface area contributed by atoms with Crippen LogP contribution < -0.4 is 15.4 Å². The van der Waals surface area contributed by atoms with E-state index in [0.29, 0.717) is 24.5 Å². The number of amides is 3. The average molecular weight is 647 g/mol. The molecule has 2 aromatic carbocycles. The lowest BCUT2D eigenvalue weighted by Gasteiger charge is -2.35. The molecule has 1 heterocycles. The number of urea groups is 1. The maximum Gasteiger partial charge on any atom is 0.319 e. The third-order valence-electron chi connectivity index (χ3n) is 7.90. The number of sulfonamides is 1. The van der Waals surface area contributed by atoms with Crippen LogP contribution >= 0.6 is 0 Å². The Morgan fingerprint density at radius 1 is 1.11 bits per heavy atom. The lowest BCUT2D eigenvalue weighted by molar-refractivity contribution is -0.00833. The average Bonchev–Trinajstić information content (AvgIpc) is 2.98. The number of aliphatic hydroxyl groups excluding tert-OH is 1. The molecule has 0 bridgehead atoms. The molecule has 3 N–H and O–H groups in total. The molecule has 12 heteroatoms. The molecule has 11 nitrogen and oxygen atoms in total. The quantitative estimate of drug-likeness (QED) is 0.380. The predicted molar refractivity (Wildman–Crippen MR) is 175 cm³/mol. The first-order valence-electron chi connectivity index (χ1n) is 15.7. The van der Waals surface area contributed by atoms with Gasteiger partial charge in [-0.2, -0.15) is 4.31 Å². The van der Waals surface area contributed by atoms with E-state index in [1.165, 1.54) is 11.4 Å². The number of anilines is 1. The summed E-state index contributed by atoms with van der Waals surface area (Å²) in [6, 6.07) is 10.7. The van der Waals surface area contributed by atoms with Crippen LogP contribution in [0.25, 0.3) is 0 Å². The van der Waals surface area contributed by atoms with E-state index in [1.54, 1.807) is 54.3 Å². The molecule has 3 amide bonds. The zero-order valence-corrected chi connectivity index (χ0v) is 28.4. The fourth-order valence-electron chi connectivity index (χ4n) is 5.13. The SMILES string of the molecule is Cc1ccc(S(=O)(=O)N(C)C[C@H]2OCCCC[C@H](C)Oc3ccc(NC(=O)NC(C)C)cc3C(=O)N([C@H](C)CO)C[C@H]2C)cc1. The number of fused-ring (bicyclic) bond motifs is 1. The fraction of sp³-hybridized carbons (Fsp3) is 0.576. The second-order valence-electron chi connectivity index (χ2n) is 12.4. The Morgan fingerprint density at radius 3 is 2.44 bits per heavy atom. The summed E-state index contributed by atoms with van der Waals surface area (Å²) in [5.41, 5.74) is 1.64. The van der Waals surface area contributed by atoms with Gasteiger partial charge in [0, 0.05) is 44.4 Å². The fourth-order valence-corrected chi connectivity index (χ4v) is 6.32. The van der Waals surface area contributed by atoms with E-state index >= 15 is 0 Å². The van der Waals surface area contributed by atoms with E-state index in [0.717, 1.165) is 18.4 Å². The molecule has 0 saturated carbocycles. The van der Waals surface area contributed by atoms with Gasteiger partial charge in [-0.15, -0.1) is 0 Å². The van der Waals surface area contributed by atoms with Crippen LogP contribution in [0.1, 0.15) is 69.8 Å². The third kappa shape index (κ3) is 10.2. The van der Waals surface area contributed by atoms with Gasteiger partial charge < -0.3 is 30.1 Å². The van der Waals surface area contributed by atoms with Gasteiger partial charge in [-0.3, -0.25) is 4.79 Å². The summed E-state index contributed by atoms with van der Waals surface area (Å²) in [5, 5.41) is 15.7. The number of hydrogen-bond acceptors (Lipinski definition) is 7. The van der Waals surface area contributed by atoms with Crippen molar-refractivity contribution in [1.82, 2.24) is 14.5 Å². The zero-order chi connectivity index (χ0) is 33.3. The van der Waals surface area contributed by atoms with Gasteiger partial charge in [0.25, 0.3) is 5.91 Å². The number of rotatable bonds is 8. The molecular weight excluding hydrogens is 596 g/mol. The van der Waals surface area contributed by atoms with Crippen LogP contribution in [-0.4, -0.2) is 92.3 Å². The highest BCUT2D eigenvalue weighted by atomic mass is 32.2. The molecule has 0 spiro atoms. The number of hydrogen-bond donors (Lipinski definition) is 3. The highest BCUT2D eigenvalue weighted by Crippen LogP contribution is 2.29. The van der Waals surface area contributed by atoms with E-state index in [-0.39, 0.29) is 54.1 Å². The summed E-state index contributed by atoms with van der Waals surface area (Å²) in [4.78, 5) is 28.4. The molecule has 45 heavy (non-hydrogen) atoms. The van der Waals surface area contributed by atoms with E-state index < -0.39 is 28.2 Å². The van der Waals surface area contributed by atoms with Crippen LogP contribution in [0.4, 0.5) is 10.5 Å². The summed E-state index contributed by atoms with van der Waals surface area (Å²) in [5.74, 6) is -0.295. The predicted octanol–water partition coefficient (Wildman–Crippen LogP) is 4.64. The molecule has 0 radical (unpaired) electrons. The Labute approximate surface area is 268 Å². The maximum absolute atomic E-state index is 14.2. The molecule has 0 saturated heterocycles. The molecule has 1 aliphatic heterocycles. The smallest absolute Gasteiger partial charge is 0.319 e. The van der Waals surface area contributed by atoms with Crippen LogP contribution in [0.2, 0.25) is 0 Å². The monoisotopic (exact) mass is 646 g/mol. The van der Waals surface area contributed by atoms with Crippen LogP contribution in [-0.2, 0) is 14.8 Å². The van der Waals surface area contributed by atoms with Crippen LogP contribution in [0.15, 0.2) is 47.4 Å². The van der Waals surface area contributed by atoms with Crippen LogP contribution in [0, 0.1) is 12.8 Å². The molecule has 4 atom stereocenters. The van der Waals surface area contributed by atoms with Gasteiger partial charge in [0.15, 0.2) is 0 Å². The second-order valence-corrected chi connectivity index (χ2v) is 14.4. The third-order valence-corrected chi connectivity index (χ3v) is 9.73. The second kappa shape index (κ2) is 16.4. The highest BCUT2D eigenvalue weighted by Gasteiger charge is 2.32. The van der Waals surface area contributed by atoms with Gasteiger partial charge in [0.1, 0.15) is 5.75 Å². The molecule has 0 aromatic heterocycles. The Hall–Kier alpha value is -3.19. The first-order chi connectivity index (χ1) is 21.2. The number of likely N-dealkylation sites (N-methyl/N-ethyl adjacent to an activating group) is 1. The van der Waals surface area contributed by atoms with Gasteiger partial charge in [-0.05, 0) is 84.2 Å². The molecule has 0 fully saturated rings. The Morgan fingerprint density at radius 2 is 1.80 bits per heavy atom. The normalized spacial score (nSPS) is 21.1. The van der Waals surface area contributed by atoms with Crippen molar-refractivity contribution in [3.63, 3.8) is 0 Å². The molecular formula is C33H50N4O7S. The van der Waals surface area contributed by atoms with Gasteiger partial charge in [-0.25, -0.2) is 13.2 Å². The van der Waals surface area contributed by atoms with Crippen molar-refractivity contribution in [2.75, 3.05) is 38.7 Å². The summed E-state index contributed by atoms with van der Waals surface area (Å²) in [6.07, 6.45) is 1.55. The van der Waals surface area contributed by atoms with Crippen molar-refractivity contribution in [3.05, 3.63) is 53.6 Å². The van der Waals surface area contributed by atoms with Gasteiger partial charge in [0.2, 0.25) is 10.0 Å². The molecule has 1 aliphatic rings. The lowest BCUT2D eigenvalue weighted by atomic mass is 10.0. The van der Waals surface area contributed by atoms with E-state index in [4.69, 9.17) is 9.47 Å². The van der Waals surface area contributed by atoms with Crippen LogP contribution in [0.3, 0.4) is 0 Å².